The van der Waals surface area contributed by atoms with E-state index in [4.69, 9.17) is 0 Å². The molecule has 0 bridgehead atoms. The van der Waals surface area contributed by atoms with Gasteiger partial charge in [-0.25, -0.2) is 14.5 Å². The van der Waals surface area contributed by atoms with Crippen LogP contribution in [-0.2, 0) is 10.9 Å². The third-order valence-electron chi connectivity index (χ3n) is 4.70. The number of rotatable bonds is 4. The lowest BCUT2D eigenvalue weighted by atomic mass is 10.0. The number of fused-ring (bicyclic) bond motifs is 1. The summed E-state index contributed by atoms with van der Waals surface area (Å²) in [5.74, 6) is -0.782. The Bertz CT molecular complexity index is 1360. The molecule has 0 spiro atoms. The predicted molar refractivity (Wildman–Crippen MR) is 107 cm³/mol. The quantitative estimate of drug-likeness (QED) is 0.256. The minimum atomic E-state index is -4.61. The Morgan fingerprint density at radius 3 is 2.56 bits per heavy atom. The number of hydrogen-bond acceptors (Lipinski definition) is 6. The van der Waals surface area contributed by atoms with Crippen molar-refractivity contribution in [3.05, 3.63) is 82.2 Å². The van der Waals surface area contributed by atoms with Gasteiger partial charge in [-0.3, -0.25) is 10.1 Å². The van der Waals surface area contributed by atoms with Crippen LogP contribution in [0.1, 0.15) is 16.1 Å². The smallest absolute Gasteiger partial charge is 0.433 e. The number of nitro groups is 1. The number of nitrogens with zero attached hydrogens (tertiary/aromatic N) is 4. The van der Waals surface area contributed by atoms with E-state index in [9.17, 15) is 28.1 Å². The highest BCUT2D eigenvalue weighted by Crippen LogP contribution is 2.31. The van der Waals surface area contributed by atoms with E-state index in [0.717, 1.165) is 19.2 Å². The van der Waals surface area contributed by atoms with Crippen molar-refractivity contribution in [2.75, 3.05) is 7.11 Å². The highest BCUT2D eigenvalue weighted by molar-refractivity contribution is 5.93. The summed E-state index contributed by atoms with van der Waals surface area (Å²) in [6, 6.07) is 12.2. The Hall–Kier alpha value is -4.28. The number of methoxy groups -OCH3 is 1. The number of ether oxygens (including phenoxy) is 1. The summed E-state index contributed by atoms with van der Waals surface area (Å²) in [7, 11) is 1.16. The second-order valence-corrected chi connectivity index (χ2v) is 6.73. The zero-order valence-electron chi connectivity index (χ0n) is 16.3. The first-order valence-electron chi connectivity index (χ1n) is 9.08. The molecule has 0 saturated heterocycles. The maximum atomic E-state index is 13.1. The Labute approximate surface area is 178 Å². The number of halogens is 3. The van der Waals surface area contributed by atoms with E-state index in [0.29, 0.717) is 22.0 Å². The van der Waals surface area contributed by atoms with Crippen molar-refractivity contribution in [2.24, 2.45) is 0 Å². The lowest BCUT2D eigenvalue weighted by Crippen LogP contribution is -2.10. The van der Waals surface area contributed by atoms with Gasteiger partial charge in [0.25, 0.3) is 5.69 Å². The molecule has 8 nitrogen and oxygen atoms in total. The van der Waals surface area contributed by atoms with Crippen LogP contribution in [0.25, 0.3) is 27.8 Å². The molecule has 0 aliphatic heterocycles. The topological polar surface area (TPSA) is 100 Å². The molecule has 2 aromatic heterocycles. The molecule has 4 aromatic rings. The first-order chi connectivity index (χ1) is 15.2. The lowest BCUT2D eigenvalue weighted by molar-refractivity contribution is -0.384. The number of aromatic nitrogens is 3. The van der Waals surface area contributed by atoms with Gasteiger partial charge in [0.05, 0.1) is 29.3 Å². The Morgan fingerprint density at radius 1 is 1.09 bits per heavy atom. The van der Waals surface area contributed by atoms with Crippen molar-refractivity contribution >= 4 is 22.6 Å². The number of alkyl halides is 3. The van der Waals surface area contributed by atoms with Crippen molar-refractivity contribution in [2.45, 2.75) is 6.18 Å². The summed E-state index contributed by atoms with van der Waals surface area (Å²) in [6.45, 7) is 0. The largest absolute Gasteiger partial charge is 0.465 e. The zero-order chi connectivity index (χ0) is 23.0. The van der Waals surface area contributed by atoms with Crippen molar-refractivity contribution in [3.63, 3.8) is 0 Å². The van der Waals surface area contributed by atoms with Crippen molar-refractivity contribution < 1.29 is 27.6 Å². The van der Waals surface area contributed by atoms with Gasteiger partial charge in [-0.2, -0.15) is 18.3 Å². The fourth-order valence-electron chi connectivity index (χ4n) is 3.20. The van der Waals surface area contributed by atoms with Crippen LogP contribution < -0.4 is 0 Å². The number of hydrogen-bond donors (Lipinski definition) is 0. The van der Waals surface area contributed by atoms with Crippen LogP contribution in [0.2, 0.25) is 0 Å². The number of benzene rings is 2. The first kappa shape index (κ1) is 21.0. The van der Waals surface area contributed by atoms with Gasteiger partial charge in [0.1, 0.15) is 5.69 Å². The number of nitro benzene ring substituents is 1. The monoisotopic (exact) mass is 442 g/mol. The molecule has 32 heavy (non-hydrogen) atoms. The molecule has 0 radical (unpaired) electrons. The molecule has 2 heterocycles. The fourth-order valence-corrected chi connectivity index (χ4v) is 3.20. The van der Waals surface area contributed by atoms with Gasteiger partial charge in [-0.05, 0) is 35.4 Å². The van der Waals surface area contributed by atoms with Gasteiger partial charge in [0, 0.05) is 17.5 Å². The van der Waals surface area contributed by atoms with Crippen LogP contribution in [0, 0.1) is 10.1 Å². The summed E-state index contributed by atoms with van der Waals surface area (Å²) >= 11 is 0. The Balaban J connectivity index is 1.86. The van der Waals surface area contributed by atoms with Gasteiger partial charge in [0.15, 0.2) is 5.82 Å². The minimum Gasteiger partial charge on any atom is -0.465 e. The first-order valence-corrected chi connectivity index (χ1v) is 9.08. The minimum absolute atomic E-state index is 0.00940. The third-order valence-corrected chi connectivity index (χ3v) is 4.70. The fraction of sp³-hybridized carbons (Fsp3) is 0.0952. The molecule has 0 unspecified atom stereocenters. The molecule has 0 aliphatic rings. The van der Waals surface area contributed by atoms with E-state index in [1.807, 2.05) is 0 Å². The van der Waals surface area contributed by atoms with Gasteiger partial charge in [0.2, 0.25) is 0 Å². The number of esters is 1. The second-order valence-electron chi connectivity index (χ2n) is 6.73. The molecule has 0 saturated carbocycles. The van der Waals surface area contributed by atoms with Gasteiger partial charge >= 0.3 is 12.1 Å². The second kappa shape index (κ2) is 7.76. The van der Waals surface area contributed by atoms with Crippen LogP contribution in [0.15, 0.2) is 60.8 Å². The van der Waals surface area contributed by atoms with E-state index in [1.54, 1.807) is 18.2 Å². The Kier molecular flexibility index (Phi) is 5.09. The molecule has 0 aliphatic carbocycles. The molecule has 0 fully saturated rings. The number of pyridine rings is 1. The van der Waals surface area contributed by atoms with E-state index in [1.165, 1.54) is 35.1 Å². The standard InChI is InChI=1S/C21H13F3N4O4/c1-32-20(29)15-7-14(8-16(9-15)28(30)31)12-5-6-13-11-25-27(17(13)10-12)19-4-2-3-18(26-19)21(22,23)24/h2-11H,1H3. The van der Waals surface area contributed by atoms with Crippen molar-refractivity contribution in [1.29, 1.82) is 0 Å². The van der Waals surface area contributed by atoms with Crippen molar-refractivity contribution in [3.8, 4) is 16.9 Å². The predicted octanol–water partition coefficient (Wildman–Crippen LogP) is 4.80. The number of non-ortho nitro benzene ring substituents is 1. The van der Waals surface area contributed by atoms with Crippen LogP contribution >= 0.6 is 0 Å². The maximum absolute atomic E-state index is 13.1. The van der Waals surface area contributed by atoms with Crippen LogP contribution in [0.4, 0.5) is 18.9 Å². The summed E-state index contributed by atoms with van der Waals surface area (Å²) in [4.78, 5) is 26.3. The van der Waals surface area contributed by atoms with Gasteiger partial charge in [-0.15, -0.1) is 0 Å². The maximum Gasteiger partial charge on any atom is 0.433 e. The zero-order valence-corrected chi connectivity index (χ0v) is 16.3. The molecule has 0 N–H and O–H groups in total. The molecule has 0 amide bonds. The summed E-state index contributed by atoms with van der Waals surface area (Å²) in [6.07, 6.45) is -3.15. The van der Waals surface area contributed by atoms with E-state index < -0.39 is 22.8 Å². The van der Waals surface area contributed by atoms with Gasteiger partial charge in [-0.1, -0.05) is 18.2 Å². The molecule has 4 rings (SSSR count). The number of carbonyl (C=O) groups is 1. The lowest BCUT2D eigenvalue weighted by Gasteiger charge is -2.09. The number of carbonyl (C=O) groups excluding carboxylic acids is 1. The molecule has 162 valence electrons. The average molecular weight is 442 g/mol. The SMILES string of the molecule is COC(=O)c1cc(-c2ccc3cnn(-c4cccc(C(F)(F)F)n4)c3c2)cc([N+](=O)[O-])c1. The molecular weight excluding hydrogens is 429 g/mol. The summed E-state index contributed by atoms with van der Waals surface area (Å²) in [5.41, 5.74) is -0.108. The molecular formula is C21H13F3N4O4. The van der Waals surface area contributed by atoms with E-state index in [-0.39, 0.29) is 17.1 Å². The third kappa shape index (κ3) is 3.87. The Morgan fingerprint density at radius 2 is 1.88 bits per heavy atom. The van der Waals surface area contributed by atoms with E-state index in [2.05, 4.69) is 14.8 Å². The van der Waals surface area contributed by atoms with E-state index >= 15 is 0 Å². The normalized spacial score (nSPS) is 11.5. The van der Waals surface area contributed by atoms with Gasteiger partial charge < -0.3 is 4.74 Å². The molecule has 11 heteroatoms. The summed E-state index contributed by atoms with van der Waals surface area (Å²) < 4.78 is 45.1. The highest BCUT2D eigenvalue weighted by Gasteiger charge is 2.32. The van der Waals surface area contributed by atoms with Crippen LogP contribution in [0.3, 0.4) is 0 Å². The van der Waals surface area contributed by atoms with Crippen LogP contribution in [0.5, 0.6) is 0 Å². The molecule has 2 aromatic carbocycles. The van der Waals surface area contributed by atoms with Crippen molar-refractivity contribution in [1.82, 2.24) is 14.8 Å². The highest BCUT2D eigenvalue weighted by atomic mass is 19.4. The van der Waals surface area contributed by atoms with Crippen LogP contribution in [-0.4, -0.2) is 32.8 Å². The summed E-state index contributed by atoms with van der Waals surface area (Å²) in [5, 5.41) is 16.1. The molecule has 0 atom stereocenters. The average Bonchev–Trinajstić information content (AvgIpc) is 3.21.